The van der Waals surface area contributed by atoms with Crippen molar-refractivity contribution in [3.8, 4) is 11.5 Å². The number of para-hydroxylation sites is 1. The lowest BCUT2D eigenvalue weighted by Crippen LogP contribution is -2.06. The predicted molar refractivity (Wildman–Crippen MR) is 82.4 cm³/mol. The normalized spacial score (nSPS) is 10.4. The van der Waals surface area contributed by atoms with E-state index in [-0.39, 0.29) is 10.7 Å². The van der Waals surface area contributed by atoms with Gasteiger partial charge in [0.15, 0.2) is 5.75 Å². The molecule has 0 radical (unpaired) electrons. The Morgan fingerprint density at radius 1 is 1.24 bits per heavy atom. The van der Waals surface area contributed by atoms with Gasteiger partial charge in [0.2, 0.25) is 0 Å². The highest BCUT2D eigenvalue weighted by Crippen LogP contribution is 2.37. The Morgan fingerprint density at radius 2 is 2.00 bits per heavy atom. The van der Waals surface area contributed by atoms with Crippen molar-refractivity contribution in [2.75, 3.05) is 7.05 Å². The Morgan fingerprint density at radius 3 is 2.62 bits per heavy atom. The molecule has 0 saturated heterocycles. The third-order valence-electron chi connectivity index (χ3n) is 2.75. The molecule has 7 heteroatoms. The molecule has 2 aromatic carbocycles. The number of benzene rings is 2. The van der Waals surface area contributed by atoms with Gasteiger partial charge in [-0.1, -0.05) is 35.3 Å². The maximum Gasteiger partial charge on any atom is 0.271 e. The lowest BCUT2D eigenvalue weighted by atomic mass is 10.2. The summed E-state index contributed by atoms with van der Waals surface area (Å²) in [5.74, 6) is 0.789. The molecule has 110 valence electrons. The van der Waals surface area contributed by atoms with Crippen LogP contribution in [0.1, 0.15) is 5.56 Å². The molecule has 0 fully saturated rings. The minimum Gasteiger partial charge on any atom is -0.454 e. The maximum atomic E-state index is 10.7. The zero-order chi connectivity index (χ0) is 15.4. The summed E-state index contributed by atoms with van der Waals surface area (Å²) >= 11 is 12.2. The van der Waals surface area contributed by atoms with Crippen LogP contribution in [0.5, 0.6) is 11.5 Å². The molecule has 0 saturated carbocycles. The number of rotatable bonds is 5. The highest BCUT2D eigenvalue weighted by molar-refractivity contribution is 6.33. The second-order valence-electron chi connectivity index (χ2n) is 4.23. The molecule has 1 N–H and O–H groups in total. The van der Waals surface area contributed by atoms with Crippen molar-refractivity contribution >= 4 is 28.9 Å². The number of nitrogens with zero attached hydrogens (tertiary/aromatic N) is 1. The molecule has 2 rings (SSSR count). The van der Waals surface area contributed by atoms with Crippen molar-refractivity contribution in [3.05, 3.63) is 62.1 Å². The number of ether oxygens (including phenoxy) is 1. The van der Waals surface area contributed by atoms with Crippen molar-refractivity contribution in [1.29, 1.82) is 0 Å². The second kappa shape index (κ2) is 6.76. The molecule has 0 atom stereocenters. The van der Waals surface area contributed by atoms with Gasteiger partial charge < -0.3 is 10.1 Å². The van der Waals surface area contributed by atoms with Gasteiger partial charge in [-0.2, -0.15) is 0 Å². The number of hydrogen-bond acceptors (Lipinski definition) is 4. The summed E-state index contributed by atoms with van der Waals surface area (Å²) in [4.78, 5) is 10.2. The van der Waals surface area contributed by atoms with Crippen molar-refractivity contribution in [2.24, 2.45) is 0 Å². The molecule has 0 aliphatic heterocycles. The average molecular weight is 327 g/mol. The van der Waals surface area contributed by atoms with E-state index >= 15 is 0 Å². The summed E-state index contributed by atoms with van der Waals surface area (Å²) in [6.45, 7) is 0.570. The SMILES string of the molecule is CNCc1cccc(Cl)c1Oc1ccc([N+](=O)[O-])cc1Cl. The summed E-state index contributed by atoms with van der Waals surface area (Å²) in [5.41, 5.74) is 0.765. The highest BCUT2D eigenvalue weighted by atomic mass is 35.5. The Bertz CT molecular complexity index is 677. The van der Waals surface area contributed by atoms with Gasteiger partial charge in [0, 0.05) is 24.2 Å². The molecule has 0 aliphatic rings. The monoisotopic (exact) mass is 326 g/mol. The third kappa shape index (κ3) is 3.64. The second-order valence-corrected chi connectivity index (χ2v) is 5.05. The zero-order valence-corrected chi connectivity index (χ0v) is 12.6. The Hall–Kier alpha value is -1.82. The first-order valence-corrected chi connectivity index (χ1v) is 6.82. The number of halogens is 2. The molecule has 0 aliphatic carbocycles. The number of non-ortho nitro benzene ring substituents is 1. The van der Waals surface area contributed by atoms with Crippen LogP contribution in [0.2, 0.25) is 10.0 Å². The minimum atomic E-state index is -0.516. The van der Waals surface area contributed by atoms with E-state index in [9.17, 15) is 10.1 Å². The van der Waals surface area contributed by atoms with E-state index in [1.807, 2.05) is 19.2 Å². The van der Waals surface area contributed by atoms with Crippen LogP contribution in [-0.2, 0) is 6.54 Å². The van der Waals surface area contributed by atoms with Gasteiger partial charge in [0.25, 0.3) is 5.69 Å². The van der Waals surface area contributed by atoms with E-state index in [0.29, 0.717) is 23.1 Å². The zero-order valence-electron chi connectivity index (χ0n) is 11.1. The van der Waals surface area contributed by atoms with E-state index in [2.05, 4.69) is 5.32 Å². The van der Waals surface area contributed by atoms with E-state index in [1.54, 1.807) is 6.07 Å². The lowest BCUT2D eigenvalue weighted by Gasteiger charge is -2.13. The van der Waals surface area contributed by atoms with Crippen molar-refractivity contribution < 1.29 is 9.66 Å². The predicted octanol–water partition coefficient (Wildman–Crippen LogP) is 4.41. The number of hydrogen-bond donors (Lipinski definition) is 1. The van der Waals surface area contributed by atoms with Crippen molar-refractivity contribution in [2.45, 2.75) is 6.54 Å². The lowest BCUT2D eigenvalue weighted by molar-refractivity contribution is -0.384. The van der Waals surface area contributed by atoms with Gasteiger partial charge >= 0.3 is 0 Å². The summed E-state index contributed by atoms with van der Waals surface area (Å²) in [7, 11) is 1.81. The van der Waals surface area contributed by atoms with E-state index < -0.39 is 4.92 Å². The summed E-state index contributed by atoms with van der Waals surface area (Å²) in [6, 6.07) is 9.42. The van der Waals surface area contributed by atoms with Gasteiger partial charge in [-0.25, -0.2) is 0 Å². The van der Waals surface area contributed by atoms with Crippen LogP contribution in [0.4, 0.5) is 5.69 Å². The molecular weight excluding hydrogens is 315 g/mol. The standard InChI is InChI=1S/C14H12Cl2N2O3/c1-17-8-9-3-2-4-11(15)14(9)21-13-6-5-10(18(19)20)7-12(13)16/h2-7,17H,8H2,1H3. The maximum absolute atomic E-state index is 10.7. The molecular formula is C14H12Cl2N2O3. The quantitative estimate of drug-likeness (QED) is 0.652. The smallest absolute Gasteiger partial charge is 0.271 e. The molecule has 0 bridgehead atoms. The fourth-order valence-electron chi connectivity index (χ4n) is 1.79. The Balaban J connectivity index is 2.36. The Labute approximate surface area is 131 Å². The first kappa shape index (κ1) is 15.6. The molecule has 0 amide bonds. The van der Waals surface area contributed by atoms with Gasteiger partial charge in [0.1, 0.15) is 5.75 Å². The first-order valence-electron chi connectivity index (χ1n) is 6.06. The fraction of sp³-hybridized carbons (Fsp3) is 0.143. The molecule has 0 aromatic heterocycles. The minimum absolute atomic E-state index is 0.0954. The average Bonchev–Trinajstić information content (AvgIpc) is 2.44. The van der Waals surface area contributed by atoms with Crippen molar-refractivity contribution in [1.82, 2.24) is 5.32 Å². The van der Waals surface area contributed by atoms with Crippen LogP contribution in [0.3, 0.4) is 0 Å². The van der Waals surface area contributed by atoms with Gasteiger partial charge in [-0.05, 0) is 19.2 Å². The van der Waals surface area contributed by atoms with Crippen LogP contribution in [0, 0.1) is 10.1 Å². The van der Waals surface area contributed by atoms with Crippen LogP contribution in [0.25, 0.3) is 0 Å². The largest absolute Gasteiger partial charge is 0.454 e. The molecule has 2 aromatic rings. The summed E-state index contributed by atoms with van der Waals surface area (Å²) in [5, 5.41) is 14.3. The Kier molecular flexibility index (Phi) is 5.01. The topological polar surface area (TPSA) is 64.4 Å². The third-order valence-corrected chi connectivity index (χ3v) is 3.35. The van der Waals surface area contributed by atoms with Crippen molar-refractivity contribution in [3.63, 3.8) is 0 Å². The highest BCUT2D eigenvalue weighted by Gasteiger charge is 2.14. The first-order chi connectivity index (χ1) is 10.0. The molecule has 0 heterocycles. The number of nitro groups is 1. The van der Waals surface area contributed by atoms with Gasteiger partial charge in [0.05, 0.1) is 15.0 Å². The van der Waals surface area contributed by atoms with Crippen LogP contribution in [-0.4, -0.2) is 12.0 Å². The van der Waals surface area contributed by atoms with Crippen LogP contribution >= 0.6 is 23.2 Å². The van der Waals surface area contributed by atoms with Gasteiger partial charge in [-0.3, -0.25) is 10.1 Å². The van der Waals surface area contributed by atoms with Crippen LogP contribution in [0.15, 0.2) is 36.4 Å². The number of nitrogens with one attached hydrogen (secondary N) is 1. The van der Waals surface area contributed by atoms with E-state index in [0.717, 1.165) is 5.56 Å². The molecule has 5 nitrogen and oxygen atoms in total. The molecule has 0 unspecified atom stereocenters. The van der Waals surface area contributed by atoms with Gasteiger partial charge in [-0.15, -0.1) is 0 Å². The number of nitro benzene ring substituents is 1. The summed E-state index contributed by atoms with van der Waals surface area (Å²) in [6.07, 6.45) is 0. The van der Waals surface area contributed by atoms with Crippen LogP contribution < -0.4 is 10.1 Å². The molecule has 0 spiro atoms. The van der Waals surface area contributed by atoms with E-state index in [4.69, 9.17) is 27.9 Å². The molecule has 21 heavy (non-hydrogen) atoms. The summed E-state index contributed by atoms with van der Waals surface area (Å²) < 4.78 is 5.73. The fourth-order valence-corrected chi connectivity index (χ4v) is 2.24. The van der Waals surface area contributed by atoms with E-state index in [1.165, 1.54) is 18.2 Å².